The molecule has 2 heterocycles. The van der Waals surface area contributed by atoms with Gasteiger partial charge in [-0.25, -0.2) is 4.68 Å². The number of rotatable bonds is 2. The lowest BCUT2D eigenvalue weighted by molar-refractivity contribution is -0.117. The van der Waals surface area contributed by atoms with Crippen LogP contribution >= 0.6 is 0 Å². The van der Waals surface area contributed by atoms with Crippen LogP contribution in [0.1, 0.15) is 12.2 Å². The smallest absolute Gasteiger partial charge is 0.228 e. The van der Waals surface area contributed by atoms with Gasteiger partial charge in [0, 0.05) is 12.8 Å². The Labute approximate surface area is 75.1 Å². The van der Waals surface area contributed by atoms with Crippen LogP contribution < -0.4 is 11.1 Å². The number of aromatic nitrogens is 3. The maximum Gasteiger partial charge on any atom is 0.228 e. The van der Waals surface area contributed by atoms with E-state index in [9.17, 15) is 4.79 Å². The summed E-state index contributed by atoms with van der Waals surface area (Å²) in [6.07, 6.45) is 1.12. The van der Waals surface area contributed by atoms with Crippen LogP contribution in [0.3, 0.4) is 0 Å². The van der Waals surface area contributed by atoms with Gasteiger partial charge in [0.1, 0.15) is 0 Å². The molecule has 1 aliphatic rings. The molecule has 0 aromatic carbocycles. The average Bonchev–Trinajstić information content (AvgIpc) is 2.46. The van der Waals surface area contributed by atoms with Gasteiger partial charge in [0.25, 0.3) is 0 Å². The summed E-state index contributed by atoms with van der Waals surface area (Å²) in [5, 5.41) is 6.83. The number of aryl methyl sites for hydroxylation is 1. The molecule has 3 N–H and O–H groups in total. The minimum Gasteiger partial charge on any atom is -0.330 e. The fourth-order valence-electron chi connectivity index (χ4n) is 1.27. The molecule has 2 rings (SSSR count). The predicted octanol–water partition coefficient (Wildman–Crippen LogP) is -0.879. The van der Waals surface area contributed by atoms with Crippen molar-refractivity contribution in [3.8, 4) is 0 Å². The molecule has 1 amide bonds. The van der Waals surface area contributed by atoms with E-state index in [0.717, 1.165) is 0 Å². The minimum atomic E-state index is -0.000742. The van der Waals surface area contributed by atoms with Crippen molar-refractivity contribution in [1.82, 2.24) is 14.8 Å². The fourth-order valence-corrected chi connectivity index (χ4v) is 1.27. The SMILES string of the molecule is NCCc1nc2n(n1)CCC(=O)N2. The van der Waals surface area contributed by atoms with Crippen molar-refractivity contribution in [3.05, 3.63) is 5.82 Å². The fraction of sp³-hybridized carbons (Fsp3) is 0.571. The Balaban J connectivity index is 2.23. The molecule has 6 heteroatoms. The Morgan fingerprint density at radius 3 is 3.23 bits per heavy atom. The molecule has 70 valence electrons. The molecular formula is C7H11N5O. The first-order chi connectivity index (χ1) is 6.29. The Morgan fingerprint density at radius 1 is 1.62 bits per heavy atom. The maximum atomic E-state index is 11.0. The number of carbonyl (C=O) groups is 1. The van der Waals surface area contributed by atoms with Crippen molar-refractivity contribution >= 4 is 11.9 Å². The molecule has 13 heavy (non-hydrogen) atoms. The van der Waals surface area contributed by atoms with E-state index < -0.39 is 0 Å². The molecule has 1 aromatic rings. The zero-order valence-corrected chi connectivity index (χ0v) is 7.16. The van der Waals surface area contributed by atoms with Gasteiger partial charge in [0.05, 0.1) is 6.54 Å². The second-order valence-electron chi connectivity index (χ2n) is 2.91. The van der Waals surface area contributed by atoms with E-state index in [1.165, 1.54) is 0 Å². The third-order valence-corrected chi connectivity index (χ3v) is 1.89. The van der Waals surface area contributed by atoms with E-state index in [2.05, 4.69) is 15.4 Å². The Hall–Kier alpha value is -1.43. The van der Waals surface area contributed by atoms with Crippen molar-refractivity contribution in [2.75, 3.05) is 11.9 Å². The van der Waals surface area contributed by atoms with Crippen molar-refractivity contribution in [2.45, 2.75) is 19.4 Å². The topological polar surface area (TPSA) is 85.8 Å². The summed E-state index contributed by atoms with van der Waals surface area (Å²) in [5.41, 5.74) is 5.37. The first kappa shape index (κ1) is 8.18. The molecule has 0 spiro atoms. The predicted molar refractivity (Wildman–Crippen MR) is 46.0 cm³/mol. The van der Waals surface area contributed by atoms with Crippen molar-refractivity contribution in [2.24, 2.45) is 5.73 Å². The number of nitrogens with two attached hydrogens (primary N) is 1. The number of nitrogens with zero attached hydrogens (tertiary/aromatic N) is 3. The largest absolute Gasteiger partial charge is 0.330 e. The first-order valence-electron chi connectivity index (χ1n) is 4.23. The normalized spacial score (nSPS) is 15.3. The molecule has 6 nitrogen and oxygen atoms in total. The highest BCUT2D eigenvalue weighted by Gasteiger charge is 2.17. The van der Waals surface area contributed by atoms with Crippen molar-refractivity contribution in [1.29, 1.82) is 0 Å². The maximum absolute atomic E-state index is 11.0. The summed E-state index contributed by atoms with van der Waals surface area (Å²) >= 11 is 0. The summed E-state index contributed by atoms with van der Waals surface area (Å²) < 4.78 is 1.70. The number of fused-ring (bicyclic) bond motifs is 1. The minimum absolute atomic E-state index is 0.000742. The van der Waals surface area contributed by atoms with E-state index in [1.807, 2.05) is 0 Å². The van der Waals surface area contributed by atoms with Crippen LogP contribution in [0.25, 0.3) is 0 Å². The van der Waals surface area contributed by atoms with Gasteiger partial charge in [-0.2, -0.15) is 10.1 Å². The molecule has 0 atom stereocenters. The van der Waals surface area contributed by atoms with E-state index >= 15 is 0 Å². The summed E-state index contributed by atoms with van der Waals surface area (Å²) in [7, 11) is 0. The second kappa shape index (κ2) is 3.14. The highest BCUT2D eigenvalue weighted by Crippen LogP contribution is 2.11. The molecule has 1 aliphatic heterocycles. The van der Waals surface area contributed by atoms with Crippen molar-refractivity contribution < 1.29 is 4.79 Å². The number of amides is 1. The summed E-state index contributed by atoms with van der Waals surface area (Å²) in [6.45, 7) is 1.14. The van der Waals surface area contributed by atoms with E-state index in [4.69, 9.17) is 5.73 Å². The number of hydrogen-bond donors (Lipinski definition) is 2. The van der Waals surface area contributed by atoms with Crippen LogP contribution in [-0.2, 0) is 17.8 Å². The lowest BCUT2D eigenvalue weighted by Gasteiger charge is -2.11. The average molecular weight is 181 g/mol. The lowest BCUT2D eigenvalue weighted by Crippen LogP contribution is -2.23. The van der Waals surface area contributed by atoms with Gasteiger partial charge in [0.15, 0.2) is 5.82 Å². The number of carbonyl (C=O) groups excluding carboxylic acids is 1. The summed E-state index contributed by atoms with van der Waals surface area (Å²) in [6, 6.07) is 0. The molecule has 1 aromatic heterocycles. The van der Waals surface area contributed by atoms with Crippen LogP contribution in [-0.4, -0.2) is 27.2 Å². The standard InChI is InChI=1S/C7H11N5O/c8-3-1-5-9-7-10-6(13)2-4-12(7)11-5/h1-4,8H2,(H,9,10,11,13). The van der Waals surface area contributed by atoms with Gasteiger partial charge in [-0.15, -0.1) is 0 Å². The van der Waals surface area contributed by atoms with Gasteiger partial charge < -0.3 is 5.73 Å². The van der Waals surface area contributed by atoms with Crippen LogP contribution in [0.4, 0.5) is 5.95 Å². The monoisotopic (exact) mass is 181 g/mol. The molecule has 0 saturated carbocycles. The van der Waals surface area contributed by atoms with Crippen LogP contribution in [0.5, 0.6) is 0 Å². The number of nitrogens with one attached hydrogen (secondary N) is 1. The molecule has 0 fully saturated rings. The first-order valence-corrected chi connectivity index (χ1v) is 4.23. The third kappa shape index (κ3) is 1.52. The summed E-state index contributed by atoms with van der Waals surface area (Å²) in [5.74, 6) is 1.23. The number of anilines is 1. The molecule has 0 bridgehead atoms. The van der Waals surface area contributed by atoms with Gasteiger partial charge in [-0.1, -0.05) is 0 Å². The highest BCUT2D eigenvalue weighted by atomic mass is 16.2. The quantitative estimate of drug-likeness (QED) is 0.620. The van der Waals surface area contributed by atoms with E-state index in [0.29, 0.717) is 37.7 Å². The summed E-state index contributed by atoms with van der Waals surface area (Å²) in [4.78, 5) is 15.1. The van der Waals surface area contributed by atoms with E-state index in [-0.39, 0.29) is 5.91 Å². The zero-order chi connectivity index (χ0) is 9.26. The Bertz CT molecular complexity index is 332. The van der Waals surface area contributed by atoms with Gasteiger partial charge in [-0.3, -0.25) is 10.1 Å². The second-order valence-corrected chi connectivity index (χ2v) is 2.91. The molecule has 0 radical (unpaired) electrons. The zero-order valence-electron chi connectivity index (χ0n) is 7.16. The Morgan fingerprint density at radius 2 is 2.46 bits per heavy atom. The molecule has 0 unspecified atom stereocenters. The van der Waals surface area contributed by atoms with Gasteiger partial charge >= 0.3 is 0 Å². The van der Waals surface area contributed by atoms with E-state index in [1.54, 1.807) is 4.68 Å². The van der Waals surface area contributed by atoms with Crippen LogP contribution in [0.2, 0.25) is 0 Å². The third-order valence-electron chi connectivity index (χ3n) is 1.89. The number of hydrogen-bond acceptors (Lipinski definition) is 4. The highest BCUT2D eigenvalue weighted by molar-refractivity contribution is 5.90. The van der Waals surface area contributed by atoms with Gasteiger partial charge in [0.2, 0.25) is 11.9 Å². The Kier molecular flexibility index (Phi) is 1.97. The van der Waals surface area contributed by atoms with Crippen LogP contribution in [0.15, 0.2) is 0 Å². The molecule has 0 saturated heterocycles. The van der Waals surface area contributed by atoms with Gasteiger partial charge in [-0.05, 0) is 6.54 Å². The molecule has 0 aliphatic carbocycles. The molecular weight excluding hydrogens is 170 g/mol. The van der Waals surface area contributed by atoms with Crippen LogP contribution in [0, 0.1) is 0 Å². The lowest BCUT2D eigenvalue weighted by atomic mass is 10.4. The van der Waals surface area contributed by atoms with Crippen molar-refractivity contribution in [3.63, 3.8) is 0 Å².